The van der Waals surface area contributed by atoms with Crippen LogP contribution in [0.4, 0.5) is 8.78 Å². The fraction of sp³-hybridized carbons (Fsp3) is 0. The predicted octanol–water partition coefficient (Wildman–Crippen LogP) is 3.73. The van der Waals surface area contributed by atoms with Crippen molar-refractivity contribution in [2.45, 2.75) is 0 Å². The van der Waals surface area contributed by atoms with Gasteiger partial charge in [-0.3, -0.25) is 0 Å². The highest BCUT2D eigenvalue weighted by Crippen LogP contribution is 2.27. The van der Waals surface area contributed by atoms with E-state index in [4.69, 9.17) is 8.83 Å². The van der Waals surface area contributed by atoms with E-state index in [0.717, 1.165) is 0 Å². The molecule has 6 nitrogen and oxygen atoms in total. The number of halogens is 2. The summed E-state index contributed by atoms with van der Waals surface area (Å²) in [6.45, 7) is 0. The molecule has 0 N–H and O–H groups in total. The Hall–Kier alpha value is -3.42. The quantitative estimate of drug-likeness (QED) is 0.571. The molecule has 0 aliphatic heterocycles. The summed E-state index contributed by atoms with van der Waals surface area (Å²) in [6.07, 6.45) is 0. The second kappa shape index (κ2) is 5.65. The molecule has 0 amide bonds. The Morgan fingerprint density at radius 3 is 1.33 bits per heavy atom. The molecule has 0 saturated carbocycles. The first-order valence-corrected chi connectivity index (χ1v) is 6.89. The molecule has 0 fully saturated rings. The van der Waals surface area contributed by atoms with Crippen LogP contribution in [-0.4, -0.2) is 20.4 Å². The minimum Gasteiger partial charge on any atom is -0.412 e. The number of benzene rings is 2. The Balaban J connectivity index is 1.69. The number of hydrogen-bond acceptors (Lipinski definition) is 6. The van der Waals surface area contributed by atoms with Gasteiger partial charge in [-0.1, -0.05) is 24.3 Å². The van der Waals surface area contributed by atoms with Gasteiger partial charge in [-0.15, -0.1) is 20.4 Å². The van der Waals surface area contributed by atoms with E-state index < -0.39 is 11.6 Å². The molecule has 2 aromatic carbocycles. The zero-order chi connectivity index (χ0) is 16.5. The minimum absolute atomic E-state index is 0.0197. The highest BCUT2D eigenvalue weighted by Gasteiger charge is 2.20. The van der Waals surface area contributed by atoms with Crippen molar-refractivity contribution >= 4 is 0 Å². The van der Waals surface area contributed by atoms with Gasteiger partial charge in [0.1, 0.15) is 11.6 Å². The van der Waals surface area contributed by atoms with E-state index in [0.29, 0.717) is 0 Å². The predicted molar refractivity (Wildman–Crippen MR) is 78.4 cm³/mol. The Bertz CT molecular complexity index is 931. The van der Waals surface area contributed by atoms with Crippen LogP contribution in [0.1, 0.15) is 0 Å². The summed E-state index contributed by atoms with van der Waals surface area (Å²) in [4.78, 5) is 0. The summed E-state index contributed by atoms with van der Waals surface area (Å²) in [5.74, 6) is -1.19. The lowest BCUT2D eigenvalue weighted by atomic mass is 10.2. The van der Waals surface area contributed by atoms with Crippen LogP contribution < -0.4 is 0 Å². The van der Waals surface area contributed by atoms with Crippen molar-refractivity contribution in [3.63, 3.8) is 0 Å². The van der Waals surface area contributed by atoms with Gasteiger partial charge in [0.25, 0.3) is 11.8 Å². The molecule has 0 saturated heterocycles. The second-order valence-corrected chi connectivity index (χ2v) is 4.78. The van der Waals surface area contributed by atoms with E-state index in [9.17, 15) is 8.78 Å². The van der Waals surface area contributed by atoms with E-state index in [1.807, 2.05) is 0 Å². The summed E-state index contributed by atoms with van der Waals surface area (Å²) in [6, 6.07) is 12.0. The molecular weight excluding hydrogens is 318 g/mol. The Kier molecular flexibility index (Phi) is 3.34. The van der Waals surface area contributed by atoms with Crippen molar-refractivity contribution in [2.75, 3.05) is 0 Å². The van der Waals surface area contributed by atoms with Crippen LogP contribution in [0.3, 0.4) is 0 Å². The lowest BCUT2D eigenvalue weighted by Crippen LogP contribution is -1.82. The van der Waals surface area contributed by atoms with Gasteiger partial charge in [-0.05, 0) is 24.3 Å². The first-order chi connectivity index (χ1) is 11.7. The standard InChI is InChI=1S/C16H8F2N4O2/c17-11-7-3-1-5-9(11)13-19-21-15(23-13)16-22-20-14(24-16)10-6-2-4-8-12(10)18/h1-8H. The topological polar surface area (TPSA) is 77.8 Å². The first kappa shape index (κ1) is 14.2. The maximum absolute atomic E-state index is 13.7. The maximum Gasteiger partial charge on any atom is 0.306 e. The monoisotopic (exact) mass is 326 g/mol. The Morgan fingerprint density at radius 2 is 0.917 bits per heavy atom. The molecule has 0 unspecified atom stereocenters. The normalized spacial score (nSPS) is 10.9. The molecular formula is C16H8F2N4O2. The summed E-state index contributed by atoms with van der Waals surface area (Å²) in [5.41, 5.74) is 0.315. The minimum atomic E-state index is -0.495. The van der Waals surface area contributed by atoms with Crippen molar-refractivity contribution in [1.82, 2.24) is 20.4 Å². The van der Waals surface area contributed by atoms with Crippen LogP contribution in [0, 0.1) is 11.6 Å². The number of aromatic nitrogens is 4. The summed E-state index contributed by atoms with van der Waals surface area (Å²) in [5, 5.41) is 15.0. The fourth-order valence-electron chi connectivity index (χ4n) is 2.11. The van der Waals surface area contributed by atoms with Gasteiger partial charge in [-0.2, -0.15) is 0 Å². The smallest absolute Gasteiger partial charge is 0.306 e. The lowest BCUT2D eigenvalue weighted by Gasteiger charge is -1.95. The number of hydrogen-bond donors (Lipinski definition) is 0. The van der Waals surface area contributed by atoms with Crippen LogP contribution >= 0.6 is 0 Å². The van der Waals surface area contributed by atoms with Gasteiger partial charge in [0.05, 0.1) is 11.1 Å². The molecule has 4 rings (SSSR count). The molecule has 0 aliphatic rings. The molecule has 8 heteroatoms. The van der Waals surface area contributed by atoms with Crippen molar-refractivity contribution in [1.29, 1.82) is 0 Å². The van der Waals surface area contributed by atoms with E-state index in [1.54, 1.807) is 24.3 Å². The van der Waals surface area contributed by atoms with E-state index in [-0.39, 0.29) is 34.7 Å². The van der Waals surface area contributed by atoms with Gasteiger partial charge in [0.2, 0.25) is 0 Å². The van der Waals surface area contributed by atoms with Crippen molar-refractivity contribution in [2.24, 2.45) is 0 Å². The van der Waals surface area contributed by atoms with Crippen LogP contribution in [-0.2, 0) is 0 Å². The highest BCUT2D eigenvalue weighted by molar-refractivity contribution is 5.57. The van der Waals surface area contributed by atoms with Gasteiger partial charge >= 0.3 is 11.8 Å². The van der Waals surface area contributed by atoms with Crippen molar-refractivity contribution < 1.29 is 17.6 Å². The molecule has 0 bridgehead atoms. The molecule has 0 aliphatic carbocycles. The third-order valence-corrected chi connectivity index (χ3v) is 3.24. The van der Waals surface area contributed by atoms with Gasteiger partial charge in [0, 0.05) is 0 Å². The summed E-state index contributed by atoms with van der Waals surface area (Å²) < 4.78 is 38.2. The molecule has 2 aromatic heterocycles. The average molecular weight is 326 g/mol. The third kappa shape index (κ3) is 2.43. The fourth-order valence-corrected chi connectivity index (χ4v) is 2.11. The zero-order valence-electron chi connectivity index (χ0n) is 12.0. The van der Waals surface area contributed by atoms with E-state index in [2.05, 4.69) is 20.4 Å². The van der Waals surface area contributed by atoms with Crippen molar-refractivity contribution in [3.05, 3.63) is 60.2 Å². The first-order valence-electron chi connectivity index (χ1n) is 6.89. The SMILES string of the molecule is Fc1ccccc1-c1nnc(-c2nnc(-c3ccccc3F)o2)o1. The number of nitrogens with zero attached hydrogens (tertiary/aromatic N) is 4. The third-order valence-electron chi connectivity index (χ3n) is 3.24. The van der Waals surface area contributed by atoms with E-state index >= 15 is 0 Å². The van der Waals surface area contributed by atoms with Crippen molar-refractivity contribution in [3.8, 4) is 34.7 Å². The Morgan fingerprint density at radius 1 is 0.542 bits per heavy atom. The number of rotatable bonds is 3. The van der Waals surface area contributed by atoms with Gasteiger partial charge < -0.3 is 8.83 Å². The van der Waals surface area contributed by atoms with Crippen LogP contribution in [0.2, 0.25) is 0 Å². The molecule has 118 valence electrons. The average Bonchev–Trinajstić information content (AvgIpc) is 3.25. The molecule has 24 heavy (non-hydrogen) atoms. The van der Waals surface area contributed by atoms with Crippen LogP contribution in [0.25, 0.3) is 34.7 Å². The molecule has 0 atom stereocenters. The lowest BCUT2D eigenvalue weighted by molar-refractivity contribution is 0.516. The maximum atomic E-state index is 13.7. The second-order valence-electron chi connectivity index (χ2n) is 4.78. The highest BCUT2D eigenvalue weighted by atomic mass is 19.1. The van der Waals surface area contributed by atoms with Gasteiger partial charge in [-0.25, -0.2) is 8.78 Å². The van der Waals surface area contributed by atoms with Gasteiger partial charge in [0.15, 0.2) is 0 Å². The molecule has 4 aromatic rings. The molecule has 2 heterocycles. The largest absolute Gasteiger partial charge is 0.412 e. The summed E-state index contributed by atoms with van der Waals surface area (Å²) in [7, 11) is 0. The Labute approximate surface area is 133 Å². The molecule has 0 spiro atoms. The van der Waals surface area contributed by atoms with Crippen LogP contribution in [0.5, 0.6) is 0 Å². The summed E-state index contributed by atoms with van der Waals surface area (Å²) >= 11 is 0. The van der Waals surface area contributed by atoms with E-state index in [1.165, 1.54) is 24.3 Å². The molecule has 0 radical (unpaired) electrons. The van der Waals surface area contributed by atoms with Crippen LogP contribution in [0.15, 0.2) is 57.4 Å². The zero-order valence-corrected chi connectivity index (χ0v) is 12.0.